The second-order valence-corrected chi connectivity index (χ2v) is 5.07. The predicted molar refractivity (Wildman–Crippen MR) is 76.5 cm³/mol. The third kappa shape index (κ3) is 4.52. The number of amides is 1. The van der Waals surface area contributed by atoms with E-state index < -0.39 is 0 Å². The van der Waals surface area contributed by atoms with Gasteiger partial charge >= 0.3 is 6.09 Å². The molecule has 0 unspecified atom stereocenters. The van der Waals surface area contributed by atoms with Crippen LogP contribution in [0.1, 0.15) is 26.2 Å². The van der Waals surface area contributed by atoms with Gasteiger partial charge in [-0.3, -0.25) is 0 Å². The van der Waals surface area contributed by atoms with E-state index in [4.69, 9.17) is 4.74 Å². The van der Waals surface area contributed by atoms with Crippen molar-refractivity contribution in [1.29, 1.82) is 0 Å². The Balaban J connectivity index is 1.56. The second kappa shape index (κ2) is 7.89. The van der Waals surface area contributed by atoms with Crippen LogP contribution >= 0.6 is 0 Å². The maximum atomic E-state index is 11.6. The van der Waals surface area contributed by atoms with Crippen molar-refractivity contribution in [2.75, 3.05) is 26.2 Å². The molecule has 0 aliphatic carbocycles. The summed E-state index contributed by atoms with van der Waals surface area (Å²) in [6.07, 6.45) is 8.56. The number of carbonyl (C=O) groups is 1. The molecule has 0 radical (unpaired) electrons. The summed E-state index contributed by atoms with van der Waals surface area (Å²) in [4.78, 5) is 17.4. The van der Waals surface area contributed by atoms with Crippen LogP contribution in [0, 0.1) is 0 Å². The highest BCUT2D eigenvalue weighted by Crippen LogP contribution is 2.11. The number of rotatable bonds is 6. The van der Waals surface area contributed by atoms with E-state index in [0.29, 0.717) is 12.6 Å². The normalized spacial score (nSPS) is 16.4. The van der Waals surface area contributed by atoms with Crippen molar-refractivity contribution >= 4 is 6.09 Å². The summed E-state index contributed by atoms with van der Waals surface area (Å²) >= 11 is 0. The Kier molecular flexibility index (Phi) is 5.86. The molecule has 1 N–H and O–H groups in total. The minimum absolute atomic E-state index is 0.175. The highest BCUT2D eigenvalue weighted by atomic mass is 16.6. The monoisotopic (exact) mass is 280 g/mol. The van der Waals surface area contributed by atoms with E-state index in [9.17, 15) is 4.79 Å². The van der Waals surface area contributed by atoms with Crippen LogP contribution in [0.2, 0.25) is 0 Å². The molecule has 0 spiro atoms. The number of aryl methyl sites for hydroxylation is 1. The van der Waals surface area contributed by atoms with E-state index in [1.807, 2.05) is 19.4 Å². The van der Waals surface area contributed by atoms with Gasteiger partial charge in [-0.2, -0.15) is 0 Å². The van der Waals surface area contributed by atoms with Crippen LogP contribution in [-0.2, 0) is 11.3 Å². The van der Waals surface area contributed by atoms with Crippen molar-refractivity contribution in [3.63, 3.8) is 0 Å². The molecule has 6 heteroatoms. The van der Waals surface area contributed by atoms with Crippen molar-refractivity contribution in [3.8, 4) is 0 Å². The zero-order valence-electron chi connectivity index (χ0n) is 12.1. The number of imidazole rings is 1. The van der Waals surface area contributed by atoms with Crippen molar-refractivity contribution in [2.45, 2.75) is 38.8 Å². The van der Waals surface area contributed by atoms with Crippen molar-refractivity contribution < 1.29 is 9.53 Å². The fourth-order valence-electron chi connectivity index (χ4n) is 2.47. The molecule has 1 fully saturated rings. The molecular weight excluding hydrogens is 256 g/mol. The standard InChI is InChI=1S/C14H24N4O2/c1-2-20-14(19)18-9-4-13(5-10-18)16-6-3-8-17-11-7-15-12-17/h7,11-13,16H,2-6,8-10H2,1H3. The van der Waals surface area contributed by atoms with Gasteiger partial charge in [0.15, 0.2) is 0 Å². The minimum atomic E-state index is -0.175. The van der Waals surface area contributed by atoms with Gasteiger partial charge in [0, 0.05) is 38.1 Å². The summed E-state index contributed by atoms with van der Waals surface area (Å²) < 4.78 is 7.10. The summed E-state index contributed by atoms with van der Waals surface area (Å²) in [7, 11) is 0. The quantitative estimate of drug-likeness (QED) is 0.802. The lowest BCUT2D eigenvalue weighted by atomic mass is 10.1. The molecule has 1 aliphatic heterocycles. The molecule has 1 aliphatic rings. The molecule has 0 saturated carbocycles. The summed E-state index contributed by atoms with van der Waals surface area (Å²) in [5.41, 5.74) is 0. The minimum Gasteiger partial charge on any atom is -0.450 e. The number of likely N-dealkylation sites (tertiary alicyclic amines) is 1. The summed E-state index contributed by atoms with van der Waals surface area (Å²) in [6.45, 7) is 5.87. The fraction of sp³-hybridized carbons (Fsp3) is 0.714. The van der Waals surface area contributed by atoms with Crippen LogP contribution in [0.5, 0.6) is 0 Å². The third-order valence-corrected chi connectivity index (χ3v) is 3.61. The molecule has 1 aromatic heterocycles. The number of aromatic nitrogens is 2. The lowest BCUT2D eigenvalue weighted by Gasteiger charge is -2.31. The first-order valence-electron chi connectivity index (χ1n) is 7.40. The lowest BCUT2D eigenvalue weighted by molar-refractivity contribution is 0.0951. The Morgan fingerprint density at radius 2 is 2.25 bits per heavy atom. The van der Waals surface area contributed by atoms with Gasteiger partial charge in [0.25, 0.3) is 0 Å². The van der Waals surface area contributed by atoms with Crippen LogP contribution in [0.4, 0.5) is 4.79 Å². The Morgan fingerprint density at radius 3 is 2.90 bits per heavy atom. The van der Waals surface area contributed by atoms with E-state index in [2.05, 4.69) is 14.9 Å². The van der Waals surface area contributed by atoms with Crippen LogP contribution in [0.15, 0.2) is 18.7 Å². The molecule has 2 heterocycles. The predicted octanol–water partition coefficient (Wildman–Crippen LogP) is 1.48. The number of ether oxygens (including phenoxy) is 1. The molecule has 0 atom stereocenters. The molecule has 1 amide bonds. The molecule has 1 saturated heterocycles. The zero-order chi connectivity index (χ0) is 14.2. The van der Waals surface area contributed by atoms with Crippen LogP contribution in [0.25, 0.3) is 0 Å². The molecule has 0 aromatic carbocycles. The Labute approximate surface area is 120 Å². The van der Waals surface area contributed by atoms with Gasteiger partial charge < -0.3 is 19.5 Å². The Morgan fingerprint density at radius 1 is 1.45 bits per heavy atom. The number of piperidine rings is 1. The van der Waals surface area contributed by atoms with Crippen LogP contribution in [0.3, 0.4) is 0 Å². The largest absolute Gasteiger partial charge is 0.450 e. The average Bonchev–Trinajstić information content (AvgIpc) is 2.98. The van der Waals surface area contributed by atoms with E-state index in [0.717, 1.165) is 45.4 Å². The van der Waals surface area contributed by atoms with Gasteiger partial charge in [-0.1, -0.05) is 0 Å². The van der Waals surface area contributed by atoms with Gasteiger partial charge in [0.05, 0.1) is 12.9 Å². The summed E-state index contributed by atoms with van der Waals surface area (Å²) in [6, 6.07) is 0.517. The fourth-order valence-corrected chi connectivity index (χ4v) is 2.47. The molecule has 2 rings (SSSR count). The lowest BCUT2D eigenvalue weighted by Crippen LogP contribution is -2.45. The smallest absolute Gasteiger partial charge is 0.409 e. The Bertz CT molecular complexity index is 386. The van der Waals surface area contributed by atoms with E-state index in [1.165, 1.54) is 0 Å². The zero-order valence-corrected chi connectivity index (χ0v) is 12.1. The number of nitrogens with one attached hydrogen (secondary N) is 1. The average molecular weight is 280 g/mol. The first-order chi connectivity index (χ1) is 9.79. The highest BCUT2D eigenvalue weighted by molar-refractivity contribution is 5.67. The second-order valence-electron chi connectivity index (χ2n) is 5.07. The van der Waals surface area contributed by atoms with Crippen molar-refractivity contribution in [2.24, 2.45) is 0 Å². The van der Waals surface area contributed by atoms with Gasteiger partial charge in [-0.15, -0.1) is 0 Å². The maximum absolute atomic E-state index is 11.6. The SMILES string of the molecule is CCOC(=O)N1CCC(NCCCn2ccnc2)CC1. The number of hydrogen-bond acceptors (Lipinski definition) is 4. The van der Waals surface area contributed by atoms with Crippen LogP contribution in [-0.4, -0.2) is 52.8 Å². The Hall–Kier alpha value is -1.56. The van der Waals surface area contributed by atoms with Crippen LogP contribution < -0.4 is 5.32 Å². The maximum Gasteiger partial charge on any atom is 0.409 e. The topological polar surface area (TPSA) is 59.4 Å². The highest BCUT2D eigenvalue weighted by Gasteiger charge is 2.22. The number of nitrogens with zero attached hydrogens (tertiary/aromatic N) is 3. The van der Waals surface area contributed by atoms with E-state index in [1.54, 1.807) is 11.1 Å². The summed E-state index contributed by atoms with van der Waals surface area (Å²) in [5.74, 6) is 0. The molecule has 112 valence electrons. The van der Waals surface area contributed by atoms with Gasteiger partial charge in [0.2, 0.25) is 0 Å². The van der Waals surface area contributed by atoms with Gasteiger partial charge in [-0.25, -0.2) is 9.78 Å². The number of carbonyl (C=O) groups excluding carboxylic acids is 1. The van der Waals surface area contributed by atoms with Gasteiger partial charge in [-0.05, 0) is 32.7 Å². The molecular formula is C14H24N4O2. The number of hydrogen-bond donors (Lipinski definition) is 1. The first kappa shape index (κ1) is 14.8. The molecule has 0 bridgehead atoms. The molecule has 20 heavy (non-hydrogen) atoms. The third-order valence-electron chi connectivity index (χ3n) is 3.61. The van der Waals surface area contributed by atoms with E-state index >= 15 is 0 Å². The first-order valence-corrected chi connectivity index (χ1v) is 7.40. The van der Waals surface area contributed by atoms with E-state index in [-0.39, 0.29) is 6.09 Å². The molecule has 6 nitrogen and oxygen atoms in total. The molecule has 1 aromatic rings. The van der Waals surface area contributed by atoms with Gasteiger partial charge in [0.1, 0.15) is 0 Å². The van der Waals surface area contributed by atoms with Crippen molar-refractivity contribution in [1.82, 2.24) is 19.8 Å². The summed E-state index contributed by atoms with van der Waals surface area (Å²) in [5, 5.41) is 3.56. The van der Waals surface area contributed by atoms with Crippen molar-refractivity contribution in [3.05, 3.63) is 18.7 Å².